The van der Waals surface area contributed by atoms with E-state index in [1.54, 1.807) is 7.11 Å². The minimum absolute atomic E-state index is 0.0845. The zero-order chi connectivity index (χ0) is 11.3. The predicted molar refractivity (Wildman–Crippen MR) is 61.4 cm³/mol. The van der Waals surface area contributed by atoms with Crippen LogP contribution in [0.1, 0.15) is 13.3 Å². The average Bonchev–Trinajstić information content (AvgIpc) is 2.25. The van der Waals surface area contributed by atoms with Crippen LogP contribution in [0.4, 0.5) is 0 Å². The highest BCUT2D eigenvalue weighted by Gasteiger charge is 2.12. The second kappa shape index (κ2) is 5.61. The van der Waals surface area contributed by atoms with Crippen LogP contribution in [0.3, 0.4) is 0 Å². The summed E-state index contributed by atoms with van der Waals surface area (Å²) in [7, 11) is 5.66. The fourth-order valence-electron chi connectivity index (χ4n) is 1.42. The smallest absolute Gasteiger partial charge is 0.163 e. The van der Waals surface area contributed by atoms with Crippen LogP contribution in [-0.4, -0.2) is 32.3 Å². The molecule has 15 heavy (non-hydrogen) atoms. The van der Waals surface area contributed by atoms with E-state index in [4.69, 9.17) is 9.47 Å². The predicted octanol–water partition coefficient (Wildman–Crippen LogP) is 2.37. The SMILES string of the molecule is CCC(Oc1ccccc1OC)N(C)C. The monoisotopic (exact) mass is 209 g/mol. The lowest BCUT2D eigenvalue weighted by atomic mass is 10.3. The van der Waals surface area contributed by atoms with E-state index < -0.39 is 0 Å². The van der Waals surface area contributed by atoms with E-state index >= 15 is 0 Å². The molecule has 0 fully saturated rings. The topological polar surface area (TPSA) is 21.7 Å². The molecule has 1 aromatic rings. The molecule has 1 unspecified atom stereocenters. The molecule has 0 heterocycles. The standard InChI is InChI=1S/C12H19NO2/c1-5-12(13(2)3)15-11-9-7-6-8-10(11)14-4/h6-9,12H,5H2,1-4H3. The minimum Gasteiger partial charge on any atom is -0.493 e. The van der Waals surface area contributed by atoms with Gasteiger partial charge in [0.15, 0.2) is 17.7 Å². The summed E-state index contributed by atoms with van der Waals surface area (Å²) in [5.41, 5.74) is 0. The number of benzene rings is 1. The van der Waals surface area contributed by atoms with Crippen LogP contribution in [0.15, 0.2) is 24.3 Å². The van der Waals surface area contributed by atoms with E-state index in [1.165, 1.54) is 0 Å². The fraction of sp³-hybridized carbons (Fsp3) is 0.500. The zero-order valence-electron chi connectivity index (χ0n) is 9.86. The highest BCUT2D eigenvalue weighted by Crippen LogP contribution is 2.27. The van der Waals surface area contributed by atoms with Crippen molar-refractivity contribution < 1.29 is 9.47 Å². The van der Waals surface area contributed by atoms with E-state index in [1.807, 2.05) is 43.3 Å². The Hall–Kier alpha value is -1.22. The summed E-state index contributed by atoms with van der Waals surface area (Å²) in [6.45, 7) is 2.10. The molecule has 3 nitrogen and oxygen atoms in total. The summed E-state index contributed by atoms with van der Waals surface area (Å²) >= 11 is 0. The van der Waals surface area contributed by atoms with Gasteiger partial charge in [-0.2, -0.15) is 0 Å². The van der Waals surface area contributed by atoms with Gasteiger partial charge in [0.2, 0.25) is 0 Å². The van der Waals surface area contributed by atoms with Crippen LogP contribution in [0.5, 0.6) is 11.5 Å². The third-order valence-electron chi connectivity index (χ3n) is 2.26. The summed E-state index contributed by atoms with van der Waals surface area (Å²) in [5.74, 6) is 1.57. The second-order valence-electron chi connectivity index (χ2n) is 3.60. The molecule has 0 spiro atoms. The highest BCUT2D eigenvalue weighted by molar-refractivity contribution is 5.39. The normalized spacial score (nSPS) is 12.6. The van der Waals surface area contributed by atoms with Crippen LogP contribution in [0, 0.1) is 0 Å². The Morgan fingerprint density at radius 3 is 2.27 bits per heavy atom. The quantitative estimate of drug-likeness (QED) is 0.695. The molecule has 0 bridgehead atoms. The van der Waals surface area contributed by atoms with Crippen LogP contribution in [0.25, 0.3) is 0 Å². The van der Waals surface area contributed by atoms with Gasteiger partial charge in [0, 0.05) is 0 Å². The molecule has 84 valence electrons. The van der Waals surface area contributed by atoms with Gasteiger partial charge in [0.25, 0.3) is 0 Å². The Morgan fingerprint density at radius 2 is 1.80 bits per heavy atom. The Balaban J connectivity index is 2.78. The summed E-state index contributed by atoms with van der Waals surface area (Å²) < 4.78 is 11.1. The first-order valence-corrected chi connectivity index (χ1v) is 5.15. The van der Waals surface area contributed by atoms with Crippen LogP contribution in [-0.2, 0) is 0 Å². The molecule has 1 rings (SSSR count). The summed E-state index contributed by atoms with van der Waals surface area (Å²) in [5, 5.41) is 0. The van der Waals surface area contributed by atoms with Crippen LogP contribution >= 0.6 is 0 Å². The van der Waals surface area contributed by atoms with Crippen molar-refractivity contribution in [2.75, 3.05) is 21.2 Å². The van der Waals surface area contributed by atoms with E-state index in [2.05, 4.69) is 6.92 Å². The summed E-state index contributed by atoms with van der Waals surface area (Å²) in [6, 6.07) is 7.70. The number of rotatable bonds is 5. The lowest BCUT2D eigenvalue weighted by Crippen LogP contribution is -2.32. The summed E-state index contributed by atoms with van der Waals surface area (Å²) in [4.78, 5) is 2.05. The van der Waals surface area contributed by atoms with E-state index in [0.29, 0.717) is 0 Å². The first-order valence-electron chi connectivity index (χ1n) is 5.15. The maximum Gasteiger partial charge on any atom is 0.163 e. The number of methoxy groups -OCH3 is 1. The Morgan fingerprint density at radius 1 is 1.20 bits per heavy atom. The molecule has 0 aromatic heterocycles. The molecule has 0 aliphatic rings. The van der Waals surface area contributed by atoms with Gasteiger partial charge in [0.1, 0.15) is 0 Å². The first kappa shape index (κ1) is 11.9. The van der Waals surface area contributed by atoms with E-state index in [9.17, 15) is 0 Å². The number of nitrogens with zero attached hydrogens (tertiary/aromatic N) is 1. The van der Waals surface area contributed by atoms with Crippen molar-refractivity contribution in [1.29, 1.82) is 0 Å². The first-order chi connectivity index (χ1) is 7.19. The van der Waals surface area contributed by atoms with Gasteiger partial charge < -0.3 is 9.47 Å². The number of hydrogen-bond acceptors (Lipinski definition) is 3. The van der Waals surface area contributed by atoms with Gasteiger partial charge in [-0.15, -0.1) is 0 Å². The maximum atomic E-state index is 5.85. The second-order valence-corrected chi connectivity index (χ2v) is 3.60. The number of para-hydroxylation sites is 2. The molecule has 0 aliphatic heterocycles. The summed E-state index contributed by atoms with van der Waals surface area (Å²) in [6.07, 6.45) is 1.02. The van der Waals surface area contributed by atoms with Crippen LogP contribution < -0.4 is 9.47 Å². The van der Waals surface area contributed by atoms with Crippen molar-refractivity contribution in [3.8, 4) is 11.5 Å². The lowest BCUT2D eigenvalue weighted by Gasteiger charge is -2.24. The number of ether oxygens (including phenoxy) is 2. The molecule has 3 heteroatoms. The van der Waals surface area contributed by atoms with E-state index in [0.717, 1.165) is 17.9 Å². The highest BCUT2D eigenvalue weighted by atomic mass is 16.5. The molecule has 0 aliphatic carbocycles. The molecule has 0 saturated heterocycles. The fourth-order valence-corrected chi connectivity index (χ4v) is 1.42. The van der Waals surface area contributed by atoms with Gasteiger partial charge in [-0.25, -0.2) is 0 Å². The van der Waals surface area contributed by atoms with Gasteiger partial charge in [-0.1, -0.05) is 19.1 Å². The van der Waals surface area contributed by atoms with E-state index in [-0.39, 0.29) is 6.23 Å². The molecule has 1 aromatic carbocycles. The van der Waals surface area contributed by atoms with Gasteiger partial charge in [-0.3, -0.25) is 4.90 Å². The Kier molecular flexibility index (Phi) is 4.43. The van der Waals surface area contributed by atoms with Crippen molar-refractivity contribution in [1.82, 2.24) is 4.90 Å². The maximum absolute atomic E-state index is 5.85. The van der Waals surface area contributed by atoms with Crippen molar-refractivity contribution in [2.24, 2.45) is 0 Å². The molecular formula is C12H19NO2. The van der Waals surface area contributed by atoms with Crippen molar-refractivity contribution in [3.63, 3.8) is 0 Å². The largest absolute Gasteiger partial charge is 0.493 e. The molecule has 0 N–H and O–H groups in total. The van der Waals surface area contributed by atoms with Gasteiger partial charge in [-0.05, 0) is 32.6 Å². The van der Waals surface area contributed by atoms with Crippen molar-refractivity contribution in [2.45, 2.75) is 19.6 Å². The van der Waals surface area contributed by atoms with Crippen molar-refractivity contribution in [3.05, 3.63) is 24.3 Å². The third-order valence-corrected chi connectivity index (χ3v) is 2.26. The molecule has 0 amide bonds. The Bertz CT molecular complexity index is 299. The van der Waals surface area contributed by atoms with Crippen LogP contribution in [0.2, 0.25) is 0 Å². The minimum atomic E-state index is 0.0845. The molecule has 0 saturated carbocycles. The zero-order valence-corrected chi connectivity index (χ0v) is 9.86. The van der Waals surface area contributed by atoms with Gasteiger partial charge in [0.05, 0.1) is 7.11 Å². The molecule has 0 radical (unpaired) electrons. The number of hydrogen-bond donors (Lipinski definition) is 0. The van der Waals surface area contributed by atoms with Crippen molar-refractivity contribution >= 4 is 0 Å². The average molecular weight is 209 g/mol. The molecule has 1 atom stereocenters. The Labute approximate surface area is 91.6 Å². The lowest BCUT2D eigenvalue weighted by molar-refractivity contribution is 0.0586. The molecular weight excluding hydrogens is 190 g/mol. The third kappa shape index (κ3) is 3.13. The van der Waals surface area contributed by atoms with Gasteiger partial charge >= 0.3 is 0 Å².